The molecule has 10 heteroatoms. The van der Waals surface area contributed by atoms with Gasteiger partial charge >= 0.3 is 5.97 Å². The fourth-order valence-corrected chi connectivity index (χ4v) is 3.94. The molecule has 0 spiro atoms. The van der Waals surface area contributed by atoms with Gasteiger partial charge in [0.15, 0.2) is 6.10 Å². The molecule has 2 rings (SSSR count). The van der Waals surface area contributed by atoms with Crippen LogP contribution in [-0.4, -0.2) is 58.2 Å². The number of rotatable bonds is 8. The molecule has 0 heterocycles. The van der Waals surface area contributed by atoms with Crippen molar-refractivity contribution in [1.82, 2.24) is 4.31 Å². The topological polar surface area (TPSA) is 102 Å². The maximum Gasteiger partial charge on any atom is 0.342 e. The monoisotopic (exact) mass is 466 g/mol. The Labute approximate surface area is 187 Å². The van der Waals surface area contributed by atoms with Gasteiger partial charge in [-0.3, -0.25) is 4.79 Å². The Balaban J connectivity index is 2.17. The van der Waals surface area contributed by atoms with E-state index in [0.29, 0.717) is 17.0 Å². The zero-order valence-electron chi connectivity index (χ0n) is 18.3. The summed E-state index contributed by atoms with van der Waals surface area (Å²) in [6.07, 6.45) is 0.783. The molecule has 1 N–H and O–H groups in total. The average Bonchev–Trinajstić information content (AvgIpc) is 2.74. The minimum Gasteiger partial charge on any atom is -0.496 e. The van der Waals surface area contributed by atoms with Gasteiger partial charge in [-0.1, -0.05) is 6.07 Å². The second-order valence-corrected chi connectivity index (χ2v) is 9.90. The molecule has 2 aromatic carbocycles. The predicted octanol–water partition coefficient (Wildman–Crippen LogP) is 3.16. The highest BCUT2D eigenvalue weighted by atomic mass is 32.2. The third kappa shape index (κ3) is 5.78. The summed E-state index contributed by atoms with van der Waals surface area (Å²) in [7, 11) is 0.640. The van der Waals surface area contributed by atoms with Crippen molar-refractivity contribution in [2.24, 2.45) is 0 Å². The number of methoxy groups -OCH3 is 1. The van der Waals surface area contributed by atoms with Crippen molar-refractivity contribution in [3.63, 3.8) is 0 Å². The lowest BCUT2D eigenvalue weighted by Gasteiger charge is -2.17. The van der Waals surface area contributed by atoms with E-state index in [1.54, 1.807) is 31.2 Å². The number of carbonyl (C=O) groups is 2. The zero-order valence-corrected chi connectivity index (χ0v) is 19.9. The van der Waals surface area contributed by atoms with E-state index in [9.17, 15) is 18.0 Å². The lowest BCUT2D eigenvalue weighted by molar-refractivity contribution is -0.123. The highest BCUT2D eigenvalue weighted by molar-refractivity contribution is 7.98. The van der Waals surface area contributed by atoms with Crippen molar-refractivity contribution in [3.05, 3.63) is 47.5 Å². The van der Waals surface area contributed by atoms with Gasteiger partial charge < -0.3 is 14.8 Å². The van der Waals surface area contributed by atoms with Gasteiger partial charge in [0.05, 0.1) is 12.0 Å². The van der Waals surface area contributed by atoms with Gasteiger partial charge in [0.25, 0.3) is 5.91 Å². The molecule has 1 atom stereocenters. The number of aryl methyl sites for hydroxylation is 1. The van der Waals surface area contributed by atoms with Crippen molar-refractivity contribution in [2.75, 3.05) is 32.8 Å². The Hall–Kier alpha value is -2.56. The molecular formula is C21H26N2O6S2. The van der Waals surface area contributed by atoms with Crippen molar-refractivity contribution >= 4 is 39.3 Å². The van der Waals surface area contributed by atoms with Crippen LogP contribution in [-0.2, 0) is 19.6 Å². The molecule has 0 saturated carbocycles. The molecule has 31 heavy (non-hydrogen) atoms. The molecule has 8 nitrogen and oxygen atoms in total. The van der Waals surface area contributed by atoms with Crippen LogP contribution in [0.3, 0.4) is 0 Å². The number of ether oxygens (including phenoxy) is 2. The van der Waals surface area contributed by atoms with E-state index in [-0.39, 0.29) is 10.5 Å². The van der Waals surface area contributed by atoms with E-state index in [1.807, 2.05) is 6.26 Å². The number of amides is 1. The average molecular weight is 467 g/mol. The van der Waals surface area contributed by atoms with E-state index in [0.717, 1.165) is 9.20 Å². The van der Waals surface area contributed by atoms with Crippen molar-refractivity contribution in [2.45, 2.75) is 29.7 Å². The maximum atomic E-state index is 12.6. The van der Waals surface area contributed by atoms with Crippen LogP contribution in [0.5, 0.6) is 5.75 Å². The van der Waals surface area contributed by atoms with E-state index in [1.165, 1.54) is 52.0 Å². The minimum atomic E-state index is -3.66. The fourth-order valence-electron chi connectivity index (χ4n) is 2.59. The first-order chi connectivity index (χ1) is 14.5. The lowest BCUT2D eigenvalue weighted by atomic mass is 10.2. The molecule has 0 aliphatic carbocycles. The first kappa shape index (κ1) is 24.7. The molecular weight excluding hydrogens is 440 g/mol. The summed E-state index contributed by atoms with van der Waals surface area (Å²) < 4.78 is 36.3. The Bertz CT molecular complexity index is 1080. The molecule has 0 aliphatic heterocycles. The Morgan fingerprint density at radius 2 is 1.81 bits per heavy atom. The quantitative estimate of drug-likeness (QED) is 0.471. The summed E-state index contributed by atoms with van der Waals surface area (Å²) in [6.45, 7) is 3.17. The minimum absolute atomic E-state index is 0.0432. The standard InChI is InChI=1S/C21H26N2O6S2/c1-13-7-9-16(31(26,27)23(3)4)12-18(13)22-20(24)14(2)29-21(25)17-10-8-15(30-6)11-19(17)28-5/h7-12,14H,1-6H3,(H,22,24). The number of hydrogen-bond donors (Lipinski definition) is 1. The number of hydrogen-bond acceptors (Lipinski definition) is 7. The summed E-state index contributed by atoms with van der Waals surface area (Å²) in [5.74, 6) is -0.940. The normalized spacial score (nSPS) is 12.4. The highest BCUT2D eigenvalue weighted by Crippen LogP contribution is 2.26. The predicted molar refractivity (Wildman–Crippen MR) is 120 cm³/mol. The largest absolute Gasteiger partial charge is 0.496 e. The molecule has 0 saturated heterocycles. The van der Waals surface area contributed by atoms with E-state index in [4.69, 9.17) is 9.47 Å². The molecule has 2 aromatic rings. The van der Waals surface area contributed by atoms with E-state index in [2.05, 4.69) is 5.32 Å². The molecule has 0 radical (unpaired) electrons. The first-order valence-corrected chi connectivity index (χ1v) is 11.9. The van der Waals surface area contributed by atoms with Gasteiger partial charge in [0.1, 0.15) is 11.3 Å². The van der Waals surface area contributed by atoms with Gasteiger partial charge in [0, 0.05) is 24.7 Å². The summed E-state index contributed by atoms with van der Waals surface area (Å²) in [6, 6.07) is 9.49. The van der Waals surface area contributed by atoms with Crippen molar-refractivity contribution in [1.29, 1.82) is 0 Å². The number of esters is 1. The van der Waals surface area contributed by atoms with Crippen LogP contribution in [0.1, 0.15) is 22.8 Å². The SMILES string of the molecule is COc1cc(SC)ccc1C(=O)OC(C)C(=O)Nc1cc(S(=O)(=O)N(C)C)ccc1C. The molecule has 1 unspecified atom stereocenters. The fraction of sp³-hybridized carbons (Fsp3) is 0.333. The molecule has 0 aliphatic rings. The second-order valence-electron chi connectivity index (χ2n) is 6.87. The number of anilines is 1. The van der Waals surface area contributed by atoms with Gasteiger partial charge in [-0.05, 0) is 56.0 Å². The lowest BCUT2D eigenvalue weighted by Crippen LogP contribution is -2.30. The number of nitrogens with one attached hydrogen (secondary N) is 1. The molecule has 0 fully saturated rings. The van der Waals surface area contributed by atoms with Crippen LogP contribution in [0.2, 0.25) is 0 Å². The number of carbonyl (C=O) groups excluding carboxylic acids is 2. The van der Waals surface area contributed by atoms with Crippen LogP contribution >= 0.6 is 11.8 Å². The third-order valence-corrected chi connectivity index (χ3v) is 7.06. The van der Waals surface area contributed by atoms with E-state index >= 15 is 0 Å². The number of nitrogens with zero attached hydrogens (tertiary/aromatic N) is 1. The van der Waals surface area contributed by atoms with Gasteiger partial charge in [-0.2, -0.15) is 0 Å². The molecule has 1 amide bonds. The number of sulfonamides is 1. The Morgan fingerprint density at radius 1 is 1.13 bits per heavy atom. The van der Waals surface area contributed by atoms with Crippen molar-refractivity contribution in [3.8, 4) is 5.75 Å². The zero-order chi connectivity index (χ0) is 23.3. The van der Waals surface area contributed by atoms with Crippen LogP contribution in [0.25, 0.3) is 0 Å². The summed E-state index contributed by atoms with van der Waals surface area (Å²) in [5.41, 5.74) is 1.19. The Morgan fingerprint density at radius 3 is 2.39 bits per heavy atom. The smallest absolute Gasteiger partial charge is 0.342 e. The number of thioether (sulfide) groups is 1. The summed E-state index contributed by atoms with van der Waals surface area (Å²) in [5, 5.41) is 2.63. The number of benzene rings is 2. The molecule has 168 valence electrons. The van der Waals surface area contributed by atoms with Crippen LogP contribution < -0.4 is 10.1 Å². The van der Waals surface area contributed by atoms with Crippen LogP contribution in [0.4, 0.5) is 5.69 Å². The van der Waals surface area contributed by atoms with Crippen molar-refractivity contribution < 1.29 is 27.5 Å². The highest BCUT2D eigenvalue weighted by Gasteiger charge is 2.23. The van der Waals surface area contributed by atoms with Crippen LogP contribution in [0.15, 0.2) is 46.2 Å². The van der Waals surface area contributed by atoms with Gasteiger partial charge in [-0.25, -0.2) is 17.5 Å². The summed E-state index contributed by atoms with van der Waals surface area (Å²) >= 11 is 1.50. The van der Waals surface area contributed by atoms with Crippen LogP contribution in [0, 0.1) is 6.92 Å². The first-order valence-electron chi connectivity index (χ1n) is 9.28. The maximum absolute atomic E-state index is 12.6. The third-order valence-electron chi connectivity index (χ3n) is 4.53. The van der Waals surface area contributed by atoms with E-state index < -0.39 is 28.0 Å². The second kappa shape index (κ2) is 10.2. The van der Waals surface area contributed by atoms with Gasteiger partial charge in [-0.15, -0.1) is 11.8 Å². The molecule has 0 bridgehead atoms. The molecule has 0 aromatic heterocycles. The Kier molecular flexibility index (Phi) is 8.10. The summed E-state index contributed by atoms with van der Waals surface area (Å²) in [4.78, 5) is 26.1. The van der Waals surface area contributed by atoms with Gasteiger partial charge in [0.2, 0.25) is 10.0 Å².